The maximum atomic E-state index is 13.7. The molecule has 0 atom stereocenters. The fourth-order valence-electron chi connectivity index (χ4n) is 1.67. The molecule has 4 nitrogen and oxygen atoms in total. The lowest BCUT2D eigenvalue weighted by molar-refractivity contribution is 0.588. The van der Waals surface area contributed by atoms with Crippen LogP contribution in [-0.4, -0.2) is 8.42 Å². The molecule has 2 aromatic rings. The number of nitrogen functional groups attached to an aromatic ring is 1. The summed E-state index contributed by atoms with van der Waals surface area (Å²) in [5.74, 6) is -2.55. The molecule has 0 spiro atoms. The third kappa shape index (κ3) is 3.10. The second-order valence-electron chi connectivity index (χ2n) is 4.37. The van der Waals surface area contributed by atoms with Crippen LogP contribution in [0.4, 0.5) is 24.5 Å². The van der Waals surface area contributed by atoms with Gasteiger partial charge in [0.1, 0.15) is 22.3 Å². The molecular formula is C13H11F3N2O2S. The Morgan fingerprint density at radius 2 is 1.71 bits per heavy atom. The largest absolute Gasteiger partial charge is 0.398 e. The van der Waals surface area contributed by atoms with Crippen LogP contribution in [0.1, 0.15) is 5.56 Å². The molecule has 3 N–H and O–H groups in total. The van der Waals surface area contributed by atoms with E-state index in [4.69, 9.17) is 5.73 Å². The second kappa shape index (κ2) is 5.28. The smallest absolute Gasteiger partial charge is 0.264 e. The van der Waals surface area contributed by atoms with Crippen molar-refractivity contribution in [1.29, 1.82) is 0 Å². The number of hydrogen-bond acceptors (Lipinski definition) is 3. The molecule has 0 aromatic heterocycles. The van der Waals surface area contributed by atoms with E-state index in [2.05, 4.69) is 0 Å². The standard InChI is InChI=1S/C13H11F3N2O2S/c1-7-4-10(16)12(6-9(7)15)18-21(19,20)13-5-8(14)2-3-11(13)17/h2-6,18H,17H2,1H3. The summed E-state index contributed by atoms with van der Waals surface area (Å²) in [7, 11) is -4.34. The van der Waals surface area contributed by atoms with Crippen molar-refractivity contribution in [3.8, 4) is 0 Å². The molecular weight excluding hydrogens is 305 g/mol. The Kier molecular flexibility index (Phi) is 3.82. The van der Waals surface area contributed by atoms with Crippen LogP contribution in [0.5, 0.6) is 0 Å². The summed E-state index contributed by atoms with van der Waals surface area (Å²) in [4.78, 5) is -0.553. The zero-order valence-electron chi connectivity index (χ0n) is 10.8. The molecule has 2 rings (SSSR count). The van der Waals surface area contributed by atoms with Gasteiger partial charge in [-0.1, -0.05) is 0 Å². The minimum atomic E-state index is -4.34. The second-order valence-corrected chi connectivity index (χ2v) is 6.02. The Labute approximate surface area is 119 Å². The minimum Gasteiger partial charge on any atom is -0.398 e. The molecule has 21 heavy (non-hydrogen) atoms. The number of halogens is 3. The van der Waals surface area contributed by atoms with Gasteiger partial charge >= 0.3 is 0 Å². The maximum absolute atomic E-state index is 13.7. The summed E-state index contributed by atoms with van der Waals surface area (Å²) >= 11 is 0. The van der Waals surface area contributed by atoms with Gasteiger partial charge in [-0.3, -0.25) is 4.72 Å². The lowest BCUT2D eigenvalue weighted by Gasteiger charge is -2.11. The van der Waals surface area contributed by atoms with Crippen LogP contribution < -0.4 is 10.5 Å². The van der Waals surface area contributed by atoms with Gasteiger partial charge in [0.15, 0.2) is 0 Å². The van der Waals surface area contributed by atoms with Gasteiger partial charge in [-0.25, -0.2) is 21.6 Å². The van der Waals surface area contributed by atoms with E-state index < -0.39 is 38.1 Å². The summed E-state index contributed by atoms with van der Waals surface area (Å²) in [5.41, 5.74) is 4.70. The van der Waals surface area contributed by atoms with Crippen molar-refractivity contribution in [2.75, 3.05) is 10.5 Å². The Balaban J connectivity index is 2.47. The van der Waals surface area contributed by atoms with Crippen molar-refractivity contribution >= 4 is 21.4 Å². The summed E-state index contributed by atoms with van der Waals surface area (Å²) in [6.45, 7) is 1.33. The van der Waals surface area contributed by atoms with Crippen LogP contribution in [0.2, 0.25) is 0 Å². The van der Waals surface area contributed by atoms with Gasteiger partial charge in [-0.15, -0.1) is 0 Å². The highest BCUT2D eigenvalue weighted by Crippen LogP contribution is 2.25. The summed E-state index contributed by atoms with van der Waals surface area (Å²) < 4.78 is 66.2. The summed E-state index contributed by atoms with van der Waals surface area (Å²) in [6, 6.07) is 4.30. The number of rotatable bonds is 3. The van der Waals surface area contributed by atoms with Gasteiger partial charge in [0.25, 0.3) is 10.0 Å². The van der Waals surface area contributed by atoms with E-state index in [1.165, 1.54) is 6.92 Å². The molecule has 0 saturated heterocycles. The first kappa shape index (κ1) is 15.2. The molecule has 0 saturated carbocycles. The van der Waals surface area contributed by atoms with E-state index in [0.717, 1.165) is 18.2 Å². The predicted molar refractivity (Wildman–Crippen MR) is 72.7 cm³/mol. The van der Waals surface area contributed by atoms with Crippen LogP contribution in [0.15, 0.2) is 35.2 Å². The van der Waals surface area contributed by atoms with E-state index >= 15 is 0 Å². The van der Waals surface area contributed by atoms with Crippen LogP contribution in [0.25, 0.3) is 0 Å². The predicted octanol–water partition coefficient (Wildman–Crippen LogP) is 2.80. The van der Waals surface area contributed by atoms with Gasteiger partial charge in [0, 0.05) is 6.07 Å². The Morgan fingerprint density at radius 3 is 2.38 bits per heavy atom. The highest BCUT2D eigenvalue weighted by atomic mass is 32.2. The summed E-state index contributed by atoms with van der Waals surface area (Å²) in [5, 5.41) is 0. The van der Waals surface area contributed by atoms with Crippen molar-refractivity contribution in [3.63, 3.8) is 0 Å². The average Bonchev–Trinajstić information content (AvgIpc) is 2.38. The zero-order chi connectivity index (χ0) is 15.8. The van der Waals surface area contributed by atoms with Crippen molar-refractivity contribution in [1.82, 2.24) is 0 Å². The molecule has 112 valence electrons. The van der Waals surface area contributed by atoms with Crippen molar-refractivity contribution in [3.05, 3.63) is 53.3 Å². The number of benzene rings is 2. The normalized spacial score (nSPS) is 11.4. The number of nitrogens with two attached hydrogens (primary N) is 1. The van der Waals surface area contributed by atoms with Crippen LogP contribution in [0, 0.1) is 24.4 Å². The number of anilines is 2. The van der Waals surface area contributed by atoms with Gasteiger partial charge < -0.3 is 5.73 Å². The zero-order valence-corrected chi connectivity index (χ0v) is 11.6. The lowest BCUT2D eigenvalue weighted by atomic mass is 10.2. The number of nitrogens with one attached hydrogen (secondary N) is 1. The van der Waals surface area contributed by atoms with E-state index in [9.17, 15) is 21.6 Å². The SMILES string of the molecule is Cc1cc(F)c(NS(=O)(=O)c2cc(F)ccc2N)cc1F. The maximum Gasteiger partial charge on any atom is 0.264 e. The fourth-order valence-corrected chi connectivity index (χ4v) is 2.87. The topological polar surface area (TPSA) is 72.2 Å². The van der Waals surface area contributed by atoms with Gasteiger partial charge in [0.05, 0.1) is 11.4 Å². The van der Waals surface area contributed by atoms with E-state index in [0.29, 0.717) is 12.1 Å². The van der Waals surface area contributed by atoms with Crippen molar-refractivity contribution < 1.29 is 21.6 Å². The molecule has 0 unspecified atom stereocenters. The third-order valence-electron chi connectivity index (χ3n) is 2.76. The fraction of sp³-hybridized carbons (Fsp3) is 0.0769. The van der Waals surface area contributed by atoms with Crippen molar-refractivity contribution in [2.24, 2.45) is 0 Å². The quantitative estimate of drug-likeness (QED) is 0.855. The molecule has 0 aliphatic rings. The molecule has 0 fully saturated rings. The molecule has 0 heterocycles. The van der Waals surface area contributed by atoms with E-state index in [-0.39, 0.29) is 11.3 Å². The van der Waals surface area contributed by atoms with Crippen LogP contribution >= 0.6 is 0 Å². The lowest BCUT2D eigenvalue weighted by Crippen LogP contribution is -2.16. The molecule has 0 aliphatic carbocycles. The van der Waals surface area contributed by atoms with Crippen LogP contribution in [-0.2, 0) is 10.0 Å². The minimum absolute atomic E-state index is 0.0284. The van der Waals surface area contributed by atoms with Gasteiger partial charge in [-0.05, 0) is 36.8 Å². The molecule has 0 radical (unpaired) electrons. The highest BCUT2D eigenvalue weighted by Gasteiger charge is 2.20. The Bertz CT molecular complexity index is 807. The third-order valence-corrected chi connectivity index (χ3v) is 4.18. The van der Waals surface area contributed by atoms with Crippen LogP contribution in [0.3, 0.4) is 0 Å². The molecule has 8 heteroatoms. The number of aryl methyl sites for hydroxylation is 1. The van der Waals surface area contributed by atoms with Gasteiger partial charge in [0.2, 0.25) is 0 Å². The summed E-state index contributed by atoms with van der Waals surface area (Å²) in [6.07, 6.45) is 0. The first-order chi connectivity index (χ1) is 9.70. The Morgan fingerprint density at radius 1 is 1.05 bits per heavy atom. The molecule has 0 bridgehead atoms. The van der Waals surface area contributed by atoms with E-state index in [1.807, 2.05) is 4.72 Å². The molecule has 0 amide bonds. The van der Waals surface area contributed by atoms with Gasteiger partial charge in [-0.2, -0.15) is 0 Å². The number of hydrogen-bond donors (Lipinski definition) is 2. The molecule has 2 aromatic carbocycles. The first-order valence-electron chi connectivity index (χ1n) is 5.74. The highest BCUT2D eigenvalue weighted by molar-refractivity contribution is 7.92. The average molecular weight is 316 g/mol. The van der Waals surface area contributed by atoms with E-state index in [1.54, 1.807) is 0 Å². The number of sulfonamides is 1. The first-order valence-corrected chi connectivity index (χ1v) is 7.22. The Hall–Kier alpha value is -2.22. The monoisotopic (exact) mass is 316 g/mol. The molecule has 0 aliphatic heterocycles. The van der Waals surface area contributed by atoms with Crippen molar-refractivity contribution in [2.45, 2.75) is 11.8 Å².